The number of unbranched alkanes of at least 4 members (excludes halogenated alkanes) is 2. The second-order valence-electron chi connectivity index (χ2n) is 12.6. The Labute approximate surface area is 295 Å². The lowest BCUT2D eigenvalue weighted by atomic mass is 9.73. The number of aryl methyl sites for hydroxylation is 1. The number of hydrogen-bond acceptors (Lipinski definition) is 9. The fourth-order valence-corrected chi connectivity index (χ4v) is 8.75. The summed E-state index contributed by atoms with van der Waals surface area (Å²) in [5.74, 6) is -1.30. The van der Waals surface area contributed by atoms with Gasteiger partial charge in [-0.2, -0.15) is 0 Å². The minimum absolute atomic E-state index is 0.108. The Morgan fingerprint density at radius 2 is 2.04 bits per heavy atom. The van der Waals surface area contributed by atoms with E-state index in [1.807, 2.05) is 30.5 Å². The van der Waals surface area contributed by atoms with Gasteiger partial charge >= 0.3 is 11.2 Å². The molecule has 3 aliphatic rings. The minimum Gasteiger partial charge on any atom is -0.507 e. The van der Waals surface area contributed by atoms with Crippen molar-refractivity contribution < 1.29 is 34.1 Å². The zero-order valence-corrected chi connectivity index (χ0v) is 29.9. The zero-order valence-electron chi connectivity index (χ0n) is 27.5. The molecule has 12 heteroatoms. The Bertz CT molecular complexity index is 1650. The third kappa shape index (κ3) is 7.98. The fourth-order valence-electron chi connectivity index (χ4n) is 6.57. The molecule has 0 saturated carbocycles. The number of carbonyl (C=O) groups excluding carboxylic acids is 2. The Morgan fingerprint density at radius 3 is 2.73 bits per heavy atom. The van der Waals surface area contributed by atoms with E-state index in [4.69, 9.17) is 21.7 Å². The summed E-state index contributed by atoms with van der Waals surface area (Å²) in [6.07, 6.45) is 8.02. The van der Waals surface area contributed by atoms with Gasteiger partial charge in [0.15, 0.2) is 0 Å². The van der Waals surface area contributed by atoms with Gasteiger partial charge in [0.2, 0.25) is 5.91 Å². The number of carboxylic acids is 1. The Kier molecular flexibility index (Phi) is 11.7. The van der Waals surface area contributed by atoms with Gasteiger partial charge in [-0.1, -0.05) is 49.6 Å². The van der Waals surface area contributed by atoms with Crippen LogP contribution in [0, 0.1) is 5.92 Å². The highest BCUT2D eigenvalue weighted by atomic mass is 32.2. The van der Waals surface area contributed by atoms with Crippen LogP contribution in [0.4, 0.5) is 0 Å². The fraction of sp³-hybridized carbons (Fsp3) is 0.444. The second kappa shape index (κ2) is 15.7. The lowest BCUT2D eigenvalue weighted by Crippen LogP contribution is -2.70. The number of ether oxygens (including phenoxy) is 2. The first-order valence-corrected chi connectivity index (χ1v) is 18.6. The molecule has 256 valence electrons. The Hall–Kier alpha value is -3.61. The standard InChI is InChI=1S/C36H42N2O7S3/c1-5-6-7-9-22-15-27(39)30(26-14-21(4)11-12-25(26)20(2)3)28(16-22)45-36(46)44-18-23-19-48-34-31(33(41)38(34)32(23)35(42)43)37-29(40)17-24-10-8-13-47-24/h8,10,13-16,25-26,31,34,39H,2,5-7,9,11-12,17-19H2,1,3-4H3,(H,37,40)(H,42,43)/t25-,26+,31+,34+/m0/s1. The molecule has 3 N–H and O–H groups in total. The number of β-lactam (4-membered cyclic amide) rings is 1. The van der Waals surface area contributed by atoms with Crippen molar-refractivity contribution in [2.45, 2.75) is 83.1 Å². The molecule has 1 saturated heterocycles. The lowest BCUT2D eigenvalue weighted by molar-refractivity contribution is -0.150. The molecular formula is C36H42N2O7S3. The van der Waals surface area contributed by atoms with Crippen LogP contribution in [0.15, 0.2) is 64.7 Å². The molecule has 0 bridgehead atoms. The van der Waals surface area contributed by atoms with Crippen molar-refractivity contribution in [3.8, 4) is 11.5 Å². The van der Waals surface area contributed by atoms with E-state index in [2.05, 4.69) is 31.8 Å². The van der Waals surface area contributed by atoms with Gasteiger partial charge in [-0.05, 0) is 74.6 Å². The van der Waals surface area contributed by atoms with Gasteiger partial charge in [-0.3, -0.25) is 14.5 Å². The third-order valence-corrected chi connectivity index (χ3v) is 11.4. The molecule has 2 amide bonds. The number of nitrogens with zero attached hydrogens (tertiary/aromatic N) is 1. The maximum absolute atomic E-state index is 13.1. The molecule has 3 heterocycles. The van der Waals surface area contributed by atoms with Gasteiger partial charge in [0.05, 0.1) is 6.42 Å². The summed E-state index contributed by atoms with van der Waals surface area (Å²) in [5, 5.41) is 25.4. The normalized spacial score (nSPS) is 21.9. The molecule has 5 rings (SSSR count). The molecule has 2 aromatic rings. The highest BCUT2D eigenvalue weighted by Gasteiger charge is 2.54. The summed E-state index contributed by atoms with van der Waals surface area (Å²) in [5.41, 5.74) is 3.98. The summed E-state index contributed by atoms with van der Waals surface area (Å²) < 4.78 is 12.0. The lowest BCUT2D eigenvalue weighted by Gasteiger charge is -2.49. The summed E-state index contributed by atoms with van der Waals surface area (Å²) in [7, 11) is 0. The average Bonchev–Trinajstić information content (AvgIpc) is 3.55. The van der Waals surface area contributed by atoms with Crippen molar-refractivity contribution in [3.05, 3.63) is 80.7 Å². The number of nitrogens with one attached hydrogen (secondary N) is 1. The summed E-state index contributed by atoms with van der Waals surface area (Å²) in [6.45, 7) is 10.2. The van der Waals surface area contributed by atoms with Crippen molar-refractivity contribution in [2.24, 2.45) is 5.92 Å². The van der Waals surface area contributed by atoms with Crippen molar-refractivity contribution in [1.82, 2.24) is 10.2 Å². The van der Waals surface area contributed by atoms with E-state index in [-0.39, 0.29) is 53.2 Å². The number of hydrogen-bond donors (Lipinski definition) is 3. The number of benzene rings is 1. The van der Waals surface area contributed by atoms with Crippen LogP contribution in [-0.4, -0.2) is 61.9 Å². The number of aromatic hydroxyl groups is 1. The molecular weight excluding hydrogens is 669 g/mol. The van der Waals surface area contributed by atoms with E-state index in [0.717, 1.165) is 54.5 Å². The van der Waals surface area contributed by atoms with Crippen LogP contribution in [0.5, 0.6) is 11.5 Å². The molecule has 2 aliphatic heterocycles. The number of phenolic OH excluding ortho intramolecular Hbond substituents is 1. The van der Waals surface area contributed by atoms with E-state index in [1.165, 1.54) is 33.6 Å². The number of carbonyl (C=O) groups is 3. The number of rotatable bonds is 13. The van der Waals surface area contributed by atoms with Gasteiger partial charge in [-0.15, -0.1) is 23.1 Å². The van der Waals surface area contributed by atoms with E-state index in [9.17, 15) is 24.6 Å². The molecule has 48 heavy (non-hydrogen) atoms. The van der Waals surface area contributed by atoms with Gasteiger partial charge in [-0.25, -0.2) is 4.79 Å². The predicted octanol–water partition coefficient (Wildman–Crippen LogP) is 6.86. The van der Waals surface area contributed by atoms with Crippen LogP contribution in [-0.2, 0) is 32.0 Å². The van der Waals surface area contributed by atoms with E-state index >= 15 is 0 Å². The molecule has 1 fully saturated rings. The summed E-state index contributed by atoms with van der Waals surface area (Å²) in [6, 6.07) is 6.60. The number of amides is 2. The predicted molar refractivity (Wildman–Crippen MR) is 192 cm³/mol. The van der Waals surface area contributed by atoms with Crippen LogP contribution in [0.2, 0.25) is 0 Å². The van der Waals surface area contributed by atoms with Crippen molar-refractivity contribution in [3.63, 3.8) is 0 Å². The molecule has 1 aliphatic carbocycles. The maximum Gasteiger partial charge on any atom is 0.358 e. The van der Waals surface area contributed by atoms with Crippen molar-refractivity contribution in [1.29, 1.82) is 0 Å². The number of aliphatic carboxylic acids is 1. The number of carboxylic acid groups (broad SMARTS) is 1. The van der Waals surface area contributed by atoms with Crippen LogP contribution < -0.4 is 10.1 Å². The highest BCUT2D eigenvalue weighted by Crippen LogP contribution is 2.47. The number of allylic oxidation sites excluding steroid dienone is 3. The van der Waals surface area contributed by atoms with Crippen molar-refractivity contribution in [2.75, 3.05) is 12.4 Å². The zero-order chi connectivity index (χ0) is 34.5. The van der Waals surface area contributed by atoms with Gasteiger partial charge in [0, 0.05) is 39.9 Å². The SMILES string of the molecule is C=C(C)[C@@H]1CCC(C)=C[C@H]1c1c(O)cc(CCCCC)cc1OC(=S)OCC1=C(C(=O)O)N2C(=O)[C@@H](NC(=O)Cc3cccs3)[C@H]2SC1. The summed E-state index contributed by atoms with van der Waals surface area (Å²) in [4.78, 5) is 40.1. The molecule has 0 spiro atoms. The van der Waals surface area contributed by atoms with Crippen LogP contribution in [0.3, 0.4) is 0 Å². The minimum atomic E-state index is -1.26. The number of thiocarbonyl (C=S) groups is 1. The number of fused-ring (bicyclic) bond motifs is 1. The van der Waals surface area contributed by atoms with Crippen LogP contribution in [0.25, 0.3) is 0 Å². The Morgan fingerprint density at radius 1 is 1.25 bits per heavy atom. The van der Waals surface area contributed by atoms with Crippen molar-refractivity contribution >= 4 is 58.3 Å². The number of thioether (sulfide) groups is 1. The molecule has 1 aromatic heterocycles. The second-order valence-corrected chi connectivity index (χ2v) is 15.1. The van der Waals surface area contributed by atoms with Gasteiger partial charge in [0.25, 0.3) is 5.91 Å². The monoisotopic (exact) mass is 710 g/mol. The van der Waals surface area contributed by atoms with Crippen LogP contribution >= 0.6 is 35.3 Å². The maximum atomic E-state index is 13.1. The third-order valence-electron chi connectivity index (χ3n) is 9.00. The summed E-state index contributed by atoms with van der Waals surface area (Å²) >= 11 is 8.32. The van der Waals surface area contributed by atoms with E-state index in [1.54, 1.807) is 6.07 Å². The van der Waals surface area contributed by atoms with E-state index in [0.29, 0.717) is 16.9 Å². The molecule has 9 nitrogen and oxygen atoms in total. The Balaban J connectivity index is 1.32. The first kappa shape index (κ1) is 35.7. The molecule has 0 unspecified atom stereocenters. The molecule has 0 radical (unpaired) electrons. The number of thiophene rings is 1. The average molecular weight is 711 g/mol. The smallest absolute Gasteiger partial charge is 0.358 e. The number of phenols is 1. The molecule has 1 aromatic carbocycles. The topological polar surface area (TPSA) is 125 Å². The van der Waals surface area contributed by atoms with Crippen LogP contribution in [0.1, 0.15) is 74.8 Å². The van der Waals surface area contributed by atoms with Gasteiger partial charge < -0.3 is 25.0 Å². The molecule has 4 atom stereocenters. The van der Waals surface area contributed by atoms with E-state index < -0.39 is 23.3 Å². The first-order chi connectivity index (χ1) is 23.0. The highest BCUT2D eigenvalue weighted by molar-refractivity contribution is 8.00. The largest absolute Gasteiger partial charge is 0.507 e. The van der Waals surface area contributed by atoms with Gasteiger partial charge in [0.1, 0.15) is 35.2 Å². The quantitative estimate of drug-likeness (QED) is 0.0885. The first-order valence-electron chi connectivity index (χ1n) is 16.2.